The van der Waals surface area contributed by atoms with E-state index in [1.165, 1.54) is 64.2 Å². The molecule has 1 aliphatic heterocycles. The first-order valence-corrected chi connectivity index (χ1v) is 12.6. The molecule has 2 rings (SSSR count). The van der Waals surface area contributed by atoms with Crippen LogP contribution in [0.5, 0.6) is 0 Å². The lowest BCUT2D eigenvalue weighted by molar-refractivity contribution is -0.145. The van der Waals surface area contributed by atoms with Gasteiger partial charge in [0.25, 0.3) is 0 Å². The van der Waals surface area contributed by atoms with Crippen LogP contribution >= 0.6 is 0 Å². The molecule has 0 aromatic heterocycles. The van der Waals surface area contributed by atoms with E-state index in [1.54, 1.807) is 12.1 Å². The van der Waals surface area contributed by atoms with Crippen LogP contribution in [0.4, 0.5) is 16.2 Å². The van der Waals surface area contributed by atoms with Crippen molar-refractivity contribution in [3.63, 3.8) is 0 Å². The summed E-state index contributed by atoms with van der Waals surface area (Å²) in [5.74, 6) is -3.53. The first-order valence-electron chi connectivity index (χ1n) is 12.6. The minimum atomic E-state index is -1.23. The number of anilines is 2. The Morgan fingerprint density at radius 3 is 1.70 bits per heavy atom. The molecule has 182 valence electrons. The first-order chi connectivity index (χ1) is 16.0. The smallest absolute Gasteiger partial charge is 0.336 e. The second-order valence-corrected chi connectivity index (χ2v) is 8.77. The summed E-state index contributed by atoms with van der Waals surface area (Å²) in [6.45, 7) is 6.38. The Bertz CT molecular complexity index is 775. The number of rotatable bonds is 16. The fourth-order valence-electron chi connectivity index (χ4n) is 4.08. The number of amides is 4. The van der Waals surface area contributed by atoms with Crippen LogP contribution in [0.15, 0.2) is 24.3 Å². The van der Waals surface area contributed by atoms with Gasteiger partial charge < -0.3 is 4.90 Å². The van der Waals surface area contributed by atoms with E-state index < -0.39 is 23.6 Å². The number of carbonyl (C=O) groups excluding carboxylic acids is 4. The molecule has 1 fully saturated rings. The quantitative estimate of drug-likeness (QED) is 0.266. The number of hydrogen-bond donors (Lipinski definition) is 1. The minimum absolute atomic E-state index is 0.279. The van der Waals surface area contributed by atoms with Gasteiger partial charge in [0.2, 0.25) is 0 Å². The normalized spacial score (nSPS) is 14.1. The molecular weight excluding hydrogens is 418 g/mol. The van der Waals surface area contributed by atoms with Crippen molar-refractivity contribution in [1.82, 2.24) is 5.32 Å². The Balaban J connectivity index is 2.00. The summed E-state index contributed by atoms with van der Waals surface area (Å²) in [7, 11) is 0. The molecule has 1 aromatic rings. The minimum Gasteiger partial charge on any atom is -0.372 e. The zero-order valence-corrected chi connectivity index (χ0v) is 20.2. The highest BCUT2D eigenvalue weighted by molar-refractivity contribution is 6.70. The molecular formula is C26H39N3O4. The number of benzene rings is 1. The Kier molecular flexibility index (Phi) is 11.6. The van der Waals surface area contributed by atoms with E-state index in [1.807, 2.05) is 17.4 Å². The van der Waals surface area contributed by atoms with Gasteiger partial charge in [0.1, 0.15) is 0 Å². The fraction of sp³-hybridized carbons (Fsp3) is 0.615. The van der Waals surface area contributed by atoms with Crippen molar-refractivity contribution in [2.45, 2.75) is 90.9 Å². The maximum Gasteiger partial charge on any atom is 0.336 e. The number of imide groups is 2. The third kappa shape index (κ3) is 8.30. The molecule has 7 nitrogen and oxygen atoms in total. The van der Waals surface area contributed by atoms with Gasteiger partial charge in [0, 0.05) is 18.8 Å². The van der Waals surface area contributed by atoms with Crippen LogP contribution in [0.25, 0.3) is 0 Å². The van der Waals surface area contributed by atoms with Gasteiger partial charge in [-0.05, 0) is 37.1 Å². The Morgan fingerprint density at radius 1 is 0.697 bits per heavy atom. The number of carbonyl (C=O) groups is 4. The molecule has 1 aliphatic rings. The lowest BCUT2D eigenvalue weighted by Crippen LogP contribution is -2.58. The molecule has 0 bridgehead atoms. The molecule has 0 unspecified atom stereocenters. The largest absolute Gasteiger partial charge is 0.372 e. The Morgan fingerprint density at radius 2 is 1.18 bits per heavy atom. The average Bonchev–Trinajstić information content (AvgIpc) is 2.81. The molecule has 7 heteroatoms. The van der Waals surface area contributed by atoms with Gasteiger partial charge in [0.15, 0.2) is 0 Å². The van der Waals surface area contributed by atoms with Crippen LogP contribution in [0.3, 0.4) is 0 Å². The van der Waals surface area contributed by atoms with Gasteiger partial charge in [-0.1, -0.05) is 78.1 Å². The van der Waals surface area contributed by atoms with Crippen LogP contribution < -0.4 is 15.1 Å². The summed E-state index contributed by atoms with van der Waals surface area (Å²) in [5.41, 5.74) is 1.31. The third-order valence-corrected chi connectivity index (χ3v) is 6.06. The van der Waals surface area contributed by atoms with E-state index in [9.17, 15) is 19.2 Å². The van der Waals surface area contributed by atoms with E-state index >= 15 is 0 Å². The van der Waals surface area contributed by atoms with Gasteiger partial charge in [-0.2, -0.15) is 0 Å². The zero-order valence-electron chi connectivity index (χ0n) is 20.2. The molecule has 0 spiro atoms. The molecule has 1 N–H and O–H groups in total. The number of nitrogens with one attached hydrogen (secondary N) is 1. The Hall–Kier alpha value is -2.70. The zero-order chi connectivity index (χ0) is 24.1. The lowest BCUT2D eigenvalue weighted by Gasteiger charge is -2.27. The highest BCUT2D eigenvalue weighted by Gasteiger charge is 2.40. The maximum absolute atomic E-state index is 12.1. The second kappa shape index (κ2) is 14.4. The molecule has 4 amide bonds. The molecule has 1 saturated heterocycles. The summed E-state index contributed by atoms with van der Waals surface area (Å²) in [4.78, 5) is 50.4. The van der Waals surface area contributed by atoms with Crippen LogP contribution in [0, 0.1) is 0 Å². The number of urea groups is 1. The molecule has 0 radical (unpaired) electrons. The van der Waals surface area contributed by atoms with Gasteiger partial charge in [-0.25, -0.2) is 9.69 Å². The monoisotopic (exact) mass is 457 g/mol. The fourth-order valence-corrected chi connectivity index (χ4v) is 4.08. The topological polar surface area (TPSA) is 86.8 Å². The van der Waals surface area contributed by atoms with E-state index in [0.29, 0.717) is 0 Å². The van der Waals surface area contributed by atoms with Gasteiger partial charge in [-0.15, -0.1) is 0 Å². The van der Waals surface area contributed by atoms with Crippen molar-refractivity contribution in [3.8, 4) is 0 Å². The van der Waals surface area contributed by atoms with Crippen LogP contribution in [0.1, 0.15) is 90.9 Å². The number of barbiturate groups is 1. The van der Waals surface area contributed by atoms with Crippen molar-refractivity contribution >= 4 is 35.0 Å². The van der Waals surface area contributed by atoms with Gasteiger partial charge in [0.05, 0.1) is 5.69 Å². The van der Waals surface area contributed by atoms with Crippen molar-refractivity contribution in [2.75, 3.05) is 22.9 Å². The SMILES string of the molecule is CCCCCCCCN(CCCCCCCC)c1ccc(N2C(=O)NC(=O)C(=O)C2=O)cc1. The number of unbranched alkanes of at least 4 members (excludes halogenated alkanes) is 10. The Labute approximate surface area is 197 Å². The van der Waals surface area contributed by atoms with Crippen molar-refractivity contribution in [1.29, 1.82) is 0 Å². The maximum atomic E-state index is 12.1. The summed E-state index contributed by atoms with van der Waals surface area (Å²) in [6, 6.07) is 6.18. The van der Waals surface area contributed by atoms with Crippen molar-refractivity contribution in [3.05, 3.63) is 24.3 Å². The summed E-state index contributed by atoms with van der Waals surface area (Å²) < 4.78 is 0. The molecule has 1 aromatic carbocycles. The van der Waals surface area contributed by atoms with Crippen LogP contribution in [-0.4, -0.2) is 36.7 Å². The second-order valence-electron chi connectivity index (χ2n) is 8.77. The van der Waals surface area contributed by atoms with Crippen molar-refractivity contribution < 1.29 is 19.2 Å². The highest BCUT2D eigenvalue weighted by Crippen LogP contribution is 2.24. The highest BCUT2D eigenvalue weighted by atomic mass is 16.2. The first kappa shape index (κ1) is 26.6. The molecule has 0 saturated carbocycles. The van der Waals surface area contributed by atoms with E-state index in [4.69, 9.17) is 0 Å². The number of Topliss-reactive ketones (excluding diaryl/α,β-unsaturated/α-hetero) is 1. The predicted molar refractivity (Wildman–Crippen MR) is 131 cm³/mol. The summed E-state index contributed by atoms with van der Waals surface area (Å²) in [5, 5.41) is 1.91. The van der Waals surface area contributed by atoms with E-state index in [2.05, 4.69) is 18.7 Å². The molecule has 33 heavy (non-hydrogen) atoms. The van der Waals surface area contributed by atoms with E-state index in [0.717, 1.165) is 36.5 Å². The molecule has 0 aliphatic carbocycles. The third-order valence-electron chi connectivity index (χ3n) is 6.06. The number of nitrogens with zero attached hydrogens (tertiary/aromatic N) is 2. The van der Waals surface area contributed by atoms with E-state index in [-0.39, 0.29) is 5.69 Å². The number of hydrogen-bond acceptors (Lipinski definition) is 5. The lowest BCUT2D eigenvalue weighted by atomic mass is 10.1. The van der Waals surface area contributed by atoms with Crippen LogP contribution in [-0.2, 0) is 14.4 Å². The average molecular weight is 458 g/mol. The van der Waals surface area contributed by atoms with Gasteiger partial charge >= 0.3 is 23.6 Å². The standard InChI is InChI=1S/C26H39N3O4/c1-3-5-7-9-11-13-19-28(20-14-12-10-8-6-4-2)21-15-17-22(18-16-21)29-25(32)23(30)24(31)27-26(29)33/h15-18H,3-14,19-20H2,1-2H3,(H,27,31,33). The predicted octanol–water partition coefficient (Wildman–Crippen LogP) is 5.37. The molecule has 1 heterocycles. The molecule has 0 atom stereocenters. The number of ketones is 1. The summed E-state index contributed by atoms with van der Waals surface area (Å²) in [6.07, 6.45) is 14.9. The van der Waals surface area contributed by atoms with Gasteiger partial charge in [-0.3, -0.25) is 19.7 Å². The summed E-state index contributed by atoms with van der Waals surface area (Å²) >= 11 is 0. The van der Waals surface area contributed by atoms with Crippen molar-refractivity contribution in [2.24, 2.45) is 0 Å². The van der Waals surface area contributed by atoms with Crippen LogP contribution in [0.2, 0.25) is 0 Å².